The number of carbonyl (C=O) groups is 1. The minimum absolute atomic E-state index is 0.0257. The van der Waals surface area contributed by atoms with E-state index in [-0.39, 0.29) is 18.9 Å². The minimum atomic E-state index is -4.61. The number of hydrogen-bond donors (Lipinski definition) is 2. The average Bonchev–Trinajstić information content (AvgIpc) is 3.06. The molecule has 0 aliphatic heterocycles. The highest BCUT2D eigenvalue weighted by atomic mass is 31.2. The van der Waals surface area contributed by atoms with Crippen LogP contribution in [0.4, 0.5) is 0 Å². The van der Waals surface area contributed by atoms with E-state index < -0.39 is 26.6 Å². The topological polar surface area (TPSA) is 108 Å². The molecular formula is C41H69N2O6P. The summed E-state index contributed by atoms with van der Waals surface area (Å²) in [6, 6.07) is -0.942. The third kappa shape index (κ3) is 33.9. The molecule has 0 saturated heterocycles. The molecule has 0 bridgehead atoms. The van der Waals surface area contributed by atoms with Crippen molar-refractivity contribution in [1.29, 1.82) is 0 Å². The van der Waals surface area contributed by atoms with Crippen molar-refractivity contribution in [1.82, 2.24) is 5.32 Å². The van der Waals surface area contributed by atoms with Crippen molar-refractivity contribution < 1.29 is 32.9 Å². The molecule has 0 aliphatic carbocycles. The molecule has 50 heavy (non-hydrogen) atoms. The van der Waals surface area contributed by atoms with Crippen molar-refractivity contribution in [2.45, 2.75) is 116 Å². The van der Waals surface area contributed by atoms with E-state index in [9.17, 15) is 19.4 Å². The van der Waals surface area contributed by atoms with Gasteiger partial charge < -0.3 is 28.8 Å². The lowest BCUT2D eigenvalue weighted by Crippen LogP contribution is -2.45. The van der Waals surface area contributed by atoms with Gasteiger partial charge in [-0.25, -0.2) is 0 Å². The van der Waals surface area contributed by atoms with E-state index in [1.807, 2.05) is 27.2 Å². The van der Waals surface area contributed by atoms with E-state index >= 15 is 0 Å². The number of aliphatic hydroxyl groups excluding tert-OH is 1. The molecule has 9 heteroatoms. The zero-order valence-corrected chi connectivity index (χ0v) is 32.7. The monoisotopic (exact) mass is 716 g/mol. The molecule has 0 aromatic heterocycles. The number of phosphoric ester groups is 1. The Morgan fingerprint density at radius 1 is 0.720 bits per heavy atom. The Morgan fingerprint density at radius 2 is 1.20 bits per heavy atom. The fourth-order valence-corrected chi connectivity index (χ4v) is 5.00. The largest absolute Gasteiger partial charge is 0.756 e. The molecule has 0 fully saturated rings. The normalized spacial score (nSPS) is 15.7. The van der Waals surface area contributed by atoms with Crippen molar-refractivity contribution >= 4 is 13.7 Å². The summed E-state index contributed by atoms with van der Waals surface area (Å²) in [6.45, 7) is 4.32. The van der Waals surface area contributed by atoms with Crippen molar-refractivity contribution in [3.63, 3.8) is 0 Å². The molecule has 0 saturated carbocycles. The Hall–Kier alpha value is -2.58. The van der Waals surface area contributed by atoms with Crippen molar-refractivity contribution in [3.05, 3.63) is 97.2 Å². The zero-order chi connectivity index (χ0) is 37.2. The summed E-state index contributed by atoms with van der Waals surface area (Å²) in [5, 5.41) is 13.6. The summed E-state index contributed by atoms with van der Waals surface area (Å²) in [4.78, 5) is 25.1. The van der Waals surface area contributed by atoms with E-state index in [4.69, 9.17) is 9.05 Å². The average molecular weight is 717 g/mol. The number of likely N-dealkylation sites (N-methyl/N-ethyl adjacent to an activating group) is 1. The smallest absolute Gasteiger partial charge is 0.268 e. The third-order valence-corrected chi connectivity index (χ3v) is 8.20. The fraction of sp³-hybridized carbons (Fsp3) is 0.585. The number of unbranched alkanes of at least 4 members (excludes halogenated alkanes) is 4. The lowest BCUT2D eigenvalue weighted by atomic mass is 10.1. The van der Waals surface area contributed by atoms with E-state index in [2.05, 4.69) is 104 Å². The van der Waals surface area contributed by atoms with Gasteiger partial charge in [-0.05, 0) is 77.0 Å². The van der Waals surface area contributed by atoms with Gasteiger partial charge in [-0.3, -0.25) is 9.36 Å². The molecule has 0 heterocycles. The second-order valence-electron chi connectivity index (χ2n) is 13.2. The number of quaternary nitrogens is 1. The van der Waals surface area contributed by atoms with Crippen LogP contribution in [0.1, 0.15) is 104 Å². The lowest BCUT2D eigenvalue weighted by molar-refractivity contribution is -0.870. The second kappa shape index (κ2) is 32.3. The molecule has 0 spiro atoms. The molecule has 0 rings (SSSR count). The maximum atomic E-state index is 12.7. The summed E-state index contributed by atoms with van der Waals surface area (Å²) < 4.78 is 23.0. The van der Waals surface area contributed by atoms with Gasteiger partial charge in [0.1, 0.15) is 13.2 Å². The van der Waals surface area contributed by atoms with Crippen molar-refractivity contribution in [3.8, 4) is 0 Å². The molecule has 2 N–H and O–H groups in total. The second-order valence-corrected chi connectivity index (χ2v) is 14.6. The first kappa shape index (κ1) is 47.4. The van der Waals surface area contributed by atoms with Crippen LogP contribution in [0.5, 0.6) is 0 Å². The zero-order valence-electron chi connectivity index (χ0n) is 31.8. The Labute approximate surface area is 305 Å². The maximum Gasteiger partial charge on any atom is 0.268 e. The Morgan fingerprint density at radius 3 is 1.72 bits per heavy atom. The fourth-order valence-electron chi connectivity index (χ4n) is 4.28. The molecule has 1 amide bonds. The van der Waals surface area contributed by atoms with Gasteiger partial charge in [-0.1, -0.05) is 117 Å². The quantitative estimate of drug-likeness (QED) is 0.0321. The molecule has 3 atom stereocenters. The maximum absolute atomic E-state index is 12.7. The van der Waals surface area contributed by atoms with Crippen LogP contribution in [0.25, 0.3) is 0 Å². The number of nitrogens with zero attached hydrogens (tertiary/aromatic N) is 1. The first-order valence-corrected chi connectivity index (χ1v) is 20.1. The van der Waals surface area contributed by atoms with Crippen LogP contribution >= 0.6 is 7.82 Å². The minimum Gasteiger partial charge on any atom is -0.756 e. The van der Waals surface area contributed by atoms with E-state index in [1.54, 1.807) is 6.08 Å². The van der Waals surface area contributed by atoms with E-state index in [0.29, 0.717) is 23.9 Å². The number of aliphatic hydroxyl groups is 1. The highest BCUT2D eigenvalue weighted by Gasteiger charge is 2.23. The number of phosphoric acid groups is 1. The number of hydrogen-bond acceptors (Lipinski definition) is 6. The number of rotatable bonds is 31. The van der Waals surface area contributed by atoms with Gasteiger partial charge in [0.25, 0.3) is 7.82 Å². The van der Waals surface area contributed by atoms with Gasteiger partial charge in [0.2, 0.25) is 5.91 Å². The molecular weight excluding hydrogens is 647 g/mol. The summed E-state index contributed by atoms with van der Waals surface area (Å²) in [5.74, 6) is -0.277. The number of allylic oxidation sites excluding steroid dienone is 15. The number of carbonyl (C=O) groups excluding carboxylic acids is 1. The summed E-state index contributed by atoms with van der Waals surface area (Å²) in [6.07, 6.45) is 44.7. The Kier molecular flexibility index (Phi) is 30.7. The standard InChI is InChI=1S/C41H69N2O6P/c1-6-8-10-12-14-16-18-19-20-21-22-23-25-27-29-31-33-35-41(45)42-39(38-49-50(46,47)48-37-36-43(3,4)5)40(44)34-32-30-28-26-24-17-15-13-11-9-7-2/h8,10-11,13-14,16,19-20,22-24,26-27,29,32,34,39-40,44H,6-7,9,12,15,17-18,21,25,28,30-31,33,35-38H2,1-5H3,(H-,42,45,46,47)/b10-8-,13-11+,16-14-,20-19-,23-22-,26-24+,29-27-,34-32+. The van der Waals surface area contributed by atoms with Crippen molar-refractivity contribution in [2.75, 3.05) is 40.9 Å². The van der Waals surface area contributed by atoms with Gasteiger partial charge in [0, 0.05) is 6.42 Å². The first-order valence-electron chi connectivity index (χ1n) is 18.6. The number of nitrogens with one attached hydrogen (secondary N) is 1. The van der Waals surface area contributed by atoms with Gasteiger partial charge in [-0.2, -0.15) is 0 Å². The Bertz CT molecular complexity index is 1130. The van der Waals surface area contributed by atoms with Gasteiger partial charge in [0.15, 0.2) is 0 Å². The van der Waals surface area contributed by atoms with Gasteiger partial charge >= 0.3 is 0 Å². The van der Waals surface area contributed by atoms with Crippen LogP contribution in [0, 0.1) is 0 Å². The molecule has 0 aliphatic rings. The molecule has 0 aromatic rings. The van der Waals surface area contributed by atoms with Crippen LogP contribution in [0.2, 0.25) is 0 Å². The van der Waals surface area contributed by atoms with Gasteiger partial charge in [0.05, 0.1) is 39.9 Å². The lowest BCUT2D eigenvalue weighted by Gasteiger charge is -2.29. The number of amides is 1. The third-order valence-electron chi connectivity index (χ3n) is 7.24. The van der Waals surface area contributed by atoms with Crippen LogP contribution in [-0.4, -0.2) is 68.5 Å². The van der Waals surface area contributed by atoms with Crippen molar-refractivity contribution in [2.24, 2.45) is 0 Å². The first-order chi connectivity index (χ1) is 24.0. The highest BCUT2D eigenvalue weighted by Crippen LogP contribution is 2.38. The molecule has 0 radical (unpaired) electrons. The molecule has 3 unspecified atom stereocenters. The summed E-state index contributed by atoms with van der Waals surface area (Å²) in [7, 11) is 1.17. The molecule has 284 valence electrons. The molecule has 0 aromatic carbocycles. The predicted octanol–water partition coefficient (Wildman–Crippen LogP) is 8.99. The predicted molar refractivity (Wildman–Crippen MR) is 209 cm³/mol. The Balaban J connectivity index is 4.72. The van der Waals surface area contributed by atoms with E-state index in [1.165, 1.54) is 0 Å². The van der Waals surface area contributed by atoms with Crippen LogP contribution in [0.3, 0.4) is 0 Å². The van der Waals surface area contributed by atoms with Crippen LogP contribution < -0.4 is 10.2 Å². The van der Waals surface area contributed by atoms with Crippen LogP contribution in [0.15, 0.2) is 97.2 Å². The van der Waals surface area contributed by atoms with E-state index in [0.717, 1.165) is 70.6 Å². The molecule has 8 nitrogen and oxygen atoms in total. The van der Waals surface area contributed by atoms with Crippen LogP contribution in [-0.2, 0) is 18.4 Å². The SMILES string of the molecule is CC/C=C\C/C=C\C/C=C\C/C=C\C/C=C\CCCC(=O)NC(COP(=O)([O-])OCC[N+](C)(C)C)C(O)/C=C/CC/C=C/CC/C=C/CCC. The van der Waals surface area contributed by atoms with Gasteiger partial charge in [-0.15, -0.1) is 0 Å². The highest BCUT2D eigenvalue weighted by molar-refractivity contribution is 7.45. The summed E-state index contributed by atoms with van der Waals surface area (Å²) in [5.41, 5.74) is 0. The summed E-state index contributed by atoms with van der Waals surface area (Å²) >= 11 is 0.